The summed E-state index contributed by atoms with van der Waals surface area (Å²) in [5.74, 6) is 0.00874. The van der Waals surface area contributed by atoms with Crippen LogP contribution in [0.25, 0.3) is 0 Å². The Hall–Kier alpha value is -1.89. The zero-order valence-corrected chi connectivity index (χ0v) is 13.0. The van der Waals surface area contributed by atoms with Gasteiger partial charge < -0.3 is 9.84 Å². The van der Waals surface area contributed by atoms with Gasteiger partial charge in [-0.25, -0.2) is 4.79 Å². The highest BCUT2D eigenvalue weighted by molar-refractivity contribution is 6.07. The molecule has 2 atom stereocenters. The van der Waals surface area contributed by atoms with Crippen LogP contribution in [0.3, 0.4) is 0 Å². The van der Waals surface area contributed by atoms with Crippen molar-refractivity contribution in [2.24, 2.45) is 5.92 Å². The van der Waals surface area contributed by atoms with Gasteiger partial charge in [-0.15, -0.1) is 0 Å². The number of hydrogen-bond donors (Lipinski definition) is 1. The normalized spacial score (nSPS) is 29.9. The van der Waals surface area contributed by atoms with Gasteiger partial charge in [0, 0.05) is 31.6 Å². The minimum Gasteiger partial charge on any atom is -0.364 e. The van der Waals surface area contributed by atoms with Crippen molar-refractivity contribution in [3.05, 3.63) is 18.0 Å². The van der Waals surface area contributed by atoms with E-state index in [9.17, 15) is 9.59 Å². The fourth-order valence-electron chi connectivity index (χ4n) is 3.50. The molecule has 7 nitrogen and oxygen atoms in total. The van der Waals surface area contributed by atoms with Crippen molar-refractivity contribution >= 4 is 11.9 Å². The molecule has 0 spiro atoms. The number of amides is 3. The number of carbonyl (C=O) groups is 2. The van der Waals surface area contributed by atoms with Gasteiger partial charge in [-0.05, 0) is 33.2 Å². The largest absolute Gasteiger partial charge is 0.364 e. The third kappa shape index (κ3) is 2.49. The van der Waals surface area contributed by atoms with E-state index in [0.717, 1.165) is 31.6 Å². The van der Waals surface area contributed by atoms with Gasteiger partial charge in [0.2, 0.25) is 0 Å². The predicted molar refractivity (Wildman–Crippen MR) is 78.8 cm³/mol. The Morgan fingerprint density at radius 3 is 2.95 bits per heavy atom. The zero-order valence-electron chi connectivity index (χ0n) is 13.0. The van der Waals surface area contributed by atoms with Crippen LogP contribution in [0.4, 0.5) is 4.79 Å². The molecule has 3 heterocycles. The van der Waals surface area contributed by atoms with E-state index in [-0.39, 0.29) is 17.9 Å². The van der Waals surface area contributed by atoms with Gasteiger partial charge in [0.1, 0.15) is 11.8 Å². The molecule has 2 aliphatic rings. The Morgan fingerprint density at radius 2 is 2.32 bits per heavy atom. The Bertz CT molecular complexity index is 559. The molecule has 0 aromatic carbocycles. The summed E-state index contributed by atoms with van der Waals surface area (Å²) in [4.78, 5) is 28.1. The molecule has 0 bridgehead atoms. The second-order valence-electron chi connectivity index (χ2n) is 6.25. The first kappa shape index (κ1) is 15.0. The van der Waals surface area contributed by atoms with Crippen molar-refractivity contribution in [3.8, 4) is 0 Å². The molecule has 3 rings (SSSR count). The lowest BCUT2D eigenvalue weighted by molar-refractivity contribution is -0.133. The van der Waals surface area contributed by atoms with Gasteiger partial charge >= 0.3 is 6.03 Å². The van der Waals surface area contributed by atoms with Crippen molar-refractivity contribution in [2.75, 3.05) is 19.6 Å². The maximum absolute atomic E-state index is 12.6. The monoisotopic (exact) mass is 306 g/mol. The summed E-state index contributed by atoms with van der Waals surface area (Å²) in [7, 11) is 0. The standard InChI is InChI=1S/C15H22N4O3/c1-3-19-13(20)15(2,16-14(19)21)11-5-4-7-18(9-11)10-12-6-8-22-17-12/h6,8,11H,3-5,7,9-10H2,1-2H3,(H,16,21)/t11-,15+/m0/s1. The maximum Gasteiger partial charge on any atom is 0.325 e. The average molecular weight is 306 g/mol. The zero-order chi connectivity index (χ0) is 15.7. The molecule has 3 amide bonds. The lowest BCUT2D eigenvalue weighted by Gasteiger charge is -2.39. The Labute approximate surface area is 129 Å². The highest BCUT2D eigenvalue weighted by atomic mass is 16.5. The van der Waals surface area contributed by atoms with Gasteiger partial charge in [0.05, 0.1) is 5.69 Å². The van der Waals surface area contributed by atoms with Crippen molar-refractivity contribution in [2.45, 2.75) is 38.8 Å². The first-order valence-corrected chi connectivity index (χ1v) is 7.80. The topological polar surface area (TPSA) is 78.7 Å². The van der Waals surface area contributed by atoms with E-state index >= 15 is 0 Å². The maximum atomic E-state index is 12.6. The second kappa shape index (κ2) is 5.72. The van der Waals surface area contributed by atoms with Crippen LogP contribution in [-0.2, 0) is 11.3 Å². The summed E-state index contributed by atoms with van der Waals surface area (Å²) in [6, 6.07) is 1.58. The van der Waals surface area contributed by atoms with Crippen molar-refractivity contribution in [1.82, 2.24) is 20.3 Å². The average Bonchev–Trinajstić information content (AvgIpc) is 3.07. The lowest BCUT2D eigenvalue weighted by Crippen LogP contribution is -2.55. The molecule has 7 heteroatoms. The number of carbonyl (C=O) groups excluding carboxylic acids is 2. The molecule has 22 heavy (non-hydrogen) atoms. The second-order valence-corrected chi connectivity index (χ2v) is 6.25. The van der Waals surface area contributed by atoms with Crippen LogP contribution in [0, 0.1) is 5.92 Å². The van der Waals surface area contributed by atoms with Crippen molar-refractivity contribution in [3.63, 3.8) is 0 Å². The smallest absolute Gasteiger partial charge is 0.325 e. The first-order valence-electron chi connectivity index (χ1n) is 7.80. The molecule has 1 aromatic rings. The number of likely N-dealkylation sites (tertiary alicyclic amines) is 1. The third-order valence-electron chi connectivity index (χ3n) is 4.82. The van der Waals surface area contributed by atoms with E-state index in [1.807, 2.05) is 19.9 Å². The van der Waals surface area contributed by atoms with E-state index < -0.39 is 5.54 Å². The Morgan fingerprint density at radius 1 is 1.50 bits per heavy atom. The number of hydrogen-bond acceptors (Lipinski definition) is 5. The van der Waals surface area contributed by atoms with Gasteiger partial charge in [-0.3, -0.25) is 14.6 Å². The van der Waals surface area contributed by atoms with Crippen molar-refractivity contribution < 1.29 is 14.1 Å². The number of nitrogens with one attached hydrogen (secondary N) is 1. The van der Waals surface area contributed by atoms with Crippen LogP contribution in [0.15, 0.2) is 16.9 Å². The number of likely N-dealkylation sites (N-methyl/N-ethyl adjacent to an activating group) is 1. The predicted octanol–water partition coefficient (Wildman–Crippen LogP) is 1.22. The summed E-state index contributed by atoms with van der Waals surface area (Å²) in [6.07, 6.45) is 3.51. The molecule has 120 valence electrons. The lowest BCUT2D eigenvalue weighted by atomic mass is 9.80. The Balaban J connectivity index is 1.71. The minimum atomic E-state index is -0.796. The summed E-state index contributed by atoms with van der Waals surface area (Å²) in [5, 5.41) is 6.85. The fourth-order valence-corrected chi connectivity index (χ4v) is 3.50. The number of piperidine rings is 1. The molecule has 1 N–H and O–H groups in total. The van der Waals surface area contributed by atoms with Gasteiger partial charge in [-0.1, -0.05) is 5.16 Å². The van der Waals surface area contributed by atoms with E-state index in [4.69, 9.17) is 4.52 Å². The van der Waals surface area contributed by atoms with E-state index in [0.29, 0.717) is 13.1 Å². The quantitative estimate of drug-likeness (QED) is 0.846. The van der Waals surface area contributed by atoms with Gasteiger partial charge in [0.15, 0.2) is 0 Å². The Kier molecular flexibility index (Phi) is 3.90. The van der Waals surface area contributed by atoms with Gasteiger partial charge in [-0.2, -0.15) is 0 Å². The molecule has 2 saturated heterocycles. The molecule has 0 radical (unpaired) electrons. The SMILES string of the molecule is CCN1C(=O)N[C@](C)([C@H]2CCCN(Cc3ccon3)C2)C1=O. The number of nitrogens with zero attached hydrogens (tertiary/aromatic N) is 3. The number of imide groups is 1. The van der Waals surface area contributed by atoms with Crippen LogP contribution in [0.5, 0.6) is 0 Å². The van der Waals surface area contributed by atoms with E-state index in [1.165, 1.54) is 4.90 Å². The van der Waals surface area contributed by atoms with Gasteiger partial charge in [0.25, 0.3) is 5.91 Å². The summed E-state index contributed by atoms with van der Waals surface area (Å²) in [5.41, 5.74) is 0.0954. The molecular weight excluding hydrogens is 284 g/mol. The molecular formula is C15H22N4O3. The fraction of sp³-hybridized carbons (Fsp3) is 0.667. The molecule has 0 unspecified atom stereocenters. The summed E-state index contributed by atoms with van der Waals surface area (Å²) >= 11 is 0. The van der Waals surface area contributed by atoms with Crippen LogP contribution < -0.4 is 5.32 Å². The van der Waals surface area contributed by atoms with Crippen LogP contribution in [0.1, 0.15) is 32.4 Å². The highest BCUT2D eigenvalue weighted by Crippen LogP contribution is 2.32. The van der Waals surface area contributed by atoms with Crippen LogP contribution in [0.2, 0.25) is 0 Å². The molecule has 0 aliphatic carbocycles. The number of aromatic nitrogens is 1. The summed E-state index contributed by atoms with van der Waals surface area (Å²) in [6.45, 7) is 6.54. The van der Waals surface area contributed by atoms with E-state index in [2.05, 4.69) is 15.4 Å². The van der Waals surface area contributed by atoms with Crippen molar-refractivity contribution in [1.29, 1.82) is 0 Å². The minimum absolute atomic E-state index is 0.103. The van der Waals surface area contributed by atoms with Crippen LogP contribution in [-0.4, -0.2) is 52.1 Å². The molecule has 1 aromatic heterocycles. The highest BCUT2D eigenvalue weighted by Gasteiger charge is 2.52. The van der Waals surface area contributed by atoms with Crippen LogP contribution >= 0.6 is 0 Å². The van der Waals surface area contributed by atoms with E-state index in [1.54, 1.807) is 6.26 Å². The number of urea groups is 1. The molecule has 0 saturated carbocycles. The molecule has 2 aliphatic heterocycles. The molecule has 2 fully saturated rings. The summed E-state index contributed by atoms with van der Waals surface area (Å²) < 4.78 is 4.87. The first-order chi connectivity index (χ1) is 10.5. The number of rotatable bonds is 4. The third-order valence-corrected chi connectivity index (χ3v) is 4.82.